The summed E-state index contributed by atoms with van der Waals surface area (Å²) in [5.74, 6) is -0.932. The van der Waals surface area contributed by atoms with Crippen LogP contribution in [0.2, 0.25) is 0 Å². The Kier molecular flexibility index (Phi) is 24.3. The van der Waals surface area contributed by atoms with Crippen molar-refractivity contribution in [3.63, 3.8) is 0 Å². The average Bonchev–Trinajstić information content (AvgIpc) is 3.13. The summed E-state index contributed by atoms with van der Waals surface area (Å²) < 4.78 is 33.2. The fourth-order valence-electron chi connectivity index (χ4n) is 6.21. The van der Waals surface area contributed by atoms with Crippen molar-refractivity contribution in [2.75, 3.05) is 26.4 Å². The summed E-state index contributed by atoms with van der Waals surface area (Å²) in [6, 6.07) is 0. The summed E-state index contributed by atoms with van der Waals surface area (Å²) in [4.78, 5) is 25.3. The number of aliphatic hydroxyl groups excluding tert-OH is 7. The molecule has 2 fully saturated rings. The minimum Gasteiger partial charge on any atom is -0.462 e. The van der Waals surface area contributed by atoms with Crippen molar-refractivity contribution in [3.05, 3.63) is 0 Å². The third-order valence-corrected chi connectivity index (χ3v) is 9.59. The standard InChI is InChI=1S/C37H68O15/c1-3-5-7-9-11-13-15-17-19-28(39)47-22-25(50-29(40)20-18-16-14-12-10-8-6-4-2)23-48-36-35(46)33(44)31(42)27(52-36)24-49-37-34(45)32(43)30(41)26(21-38)51-37/h25-27,30-38,41-46H,3-24H2,1-2H3/t25-,26-,27-,30+,31+,32?,33?,34?,35?,36-,37-/m1/s1. The topological polar surface area (TPSA) is 231 Å². The molecular weight excluding hydrogens is 684 g/mol. The maximum atomic E-state index is 12.8. The van der Waals surface area contributed by atoms with E-state index in [2.05, 4.69) is 13.8 Å². The van der Waals surface area contributed by atoms with Gasteiger partial charge in [-0.05, 0) is 12.8 Å². The Morgan fingerprint density at radius 1 is 0.538 bits per heavy atom. The molecule has 306 valence electrons. The van der Waals surface area contributed by atoms with Gasteiger partial charge in [0.2, 0.25) is 0 Å². The highest BCUT2D eigenvalue weighted by Gasteiger charge is 2.47. The predicted octanol–water partition coefficient (Wildman–Crippen LogP) is 2.14. The zero-order valence-electron chi connectivity index (χ0n) is 31.3. The average molecular weight is 753 g/mol. The highest BCUT2D eigenvalue weighted by atomic mass is 16.7. The number of carbonyl (C=O) groups is 2. The molecule has 15 nitrogen and oxygen atoms in total. The van der Waals surface area contributed by atoms with Gasteiger partial charge in [0.05, 0.1) is 19.8 Å². The third kappa shape index (κ3) is 17.3. The van der Waals surface area contributed by atoms with Crippen LogP contribution in [0, 0.1) is 0 Å². The van der Waals surface area contributed by atoms with Crippen molar-refractivity contribution in [3.8, 4) is 0 Å². The number of esters is 2. The summed E-state index contributed by atoms with van der Waals surface area (Å²) in [7, 11) is 0. The van der Waals surface area contributed by atoms with Crippen molar-refractivity contribution < 1.29 is 73.8 Å². The van der Waals surface area contributed by atoms with Crippen LogP contribution in [-0.2, 0) is 38.0 Å². The van der Waals surface area contributed by atoms with Gasteiger partial charge in [-0.3, -0.25) is 9.59 Å². The highest BCUT2D eigenvalue weighted by molar-refractivity contribution is 5.70. The largest absolute Gasteiger partial charge is 0.462 e. The number of aliphatic hydroxyl groups is 7. The lowest BCUT2D eigenvalue weighted by atomic mass is 9.98. The number of ether oxygens (including phenoxy) is 6. The molecule has 52 heavy (non-hydrogen) atoms. The molecule has 0 saturated carbocycles. The minimum atomic E-state index is -1.76. The summed E-state index contributed by atoms with van der Waals surface area (Å²) >= 11 is 0. The molecule has 2 heterocycles. The normalized spacial score (nSPS) is 29.9. The lowest BCUT2D eigenvalue weighted by molar-refractivity contribution is -0.332. The first-order chi connectivity index (χ1) is 25.0. The second-order valence-electron chi connectivity index (χ2n) is 14.1. The molecule has 2 aliphatic heterocycles. The second-order valence-corrected chi connectivity index (χ2v) is 14.1. The van der Waals surface area contributed by atoms with E-state index in [-0.39, 0.29) is 26.1 Å². The summed E-state index contributed by atoms with van der Waals surface area (Å²) in [5, 5.41) is 71.4. The van der Waals surface area contributed by atoms with E-state index in [1.165, 1.54) is 51.4 Å². The van der Waals surface area contributed by atoms with Crippen molar-refractivity contribution in [2.24, 2.45) is 0 Å². The lowest BCUT2D eigenvalue weighted by Crippen LogP contribution is -2.61. The predicted molar refractivity (Wildman–Crippen MR) is 188 cm³/mol. The van der Waals surface area contributed by atoms with E-state index < -0.39 is 92.7 Å². The molecule has 0 aliphatic carbocycles. The number of unbranched alkanes of at least 4 members (excludes halogenated alkanes) is 14. The summed E-state index contributed by atoms with van der Waals surface area (Å²) in [6.45, 7) is 2.47. The molecule has 0 bridgehead atoms. The zero-order chi connectivity index (χ0) is 38.3. The van der Waals surface area contributed by atoms with Crippen LogP contribution < -0.4 is 0 Å². The van der Waals surface area contributed by atoms with Gasteiger partial charge in [-0.2, -0.15) is 0 Å². The Bertz CT molecular complexity index is 939. The Labute approximate surface area is 308 Å². The van der Waals surface area contributed by atoms with E-state index in [0.717, 1.165) is 38.5 Å². The number of hydrogen-bond acceptors (Lipinski definition) is 15. The number of hydrogen-bond donors (Lipinski definition) is 7. The number of rotatable bonds is 28. The zero-order valence-corrected chi connectivity index (χ0v) is 31.3. The van der Waals surface area contributed by atoms with E-state index in [0.29, 0.717) is 12.8 Å². The SMILES string of the molecule is CCCCCCCCCCC(=O)OC[C@H](CO[C@@H]1O[C@H](CO[C@@H]2O[C@H](CO)[C@H](O)C(O)C2O)[C@H](O)C(O)C1O)OC(=O)CCCCCCCCCC. The Morgan fingerprint density at radius 2 is 0.981 bits per heavy atom. The van der Waals surface area contributed by atoms with Crippen molar-refractivity contribution in [2.45, 2.75) is 197 Å². The first-order valence-corrected chi connectivity index (χ1v) is 19.6. The molecule has 0 aromatic heterocycles. The van der Waals surface area contributed by atoms with Crippen LogP contribution in [0.25, 0.3) is 0 Å². The van der Waals surface area contributed by atoms with Crippen LogP contribution in [0.15, 0.2) is 0 Å². The molecule has 7 N–H and O–H groups in total. The van der Waals surface area contributed by atoms with E-state index in [1.807, 2.05) is 0 Å². The molecule has 0 amide bonds. The van der Waals surface area contributed by atoms with Gasteiger partial charge in [-0.15, -0.1) is 0 Å². The van der Waals surface area contributed by atoms with Gasteiger partial charge >= 0.3 is 11.9 Å². The smallest absolute Gasteiger partial charge is 0.306 e. The molecule has 2 aliphatic rings. The lowest BCUT2D eigenvalue weighted by Gasteiger charge is -2.42. The monoisotopic (exact) mass is 752 g/mol. The molecule has 0 radical (unpaired) electrons. The highest BCUT2D eigenvalue weighted by Crippen LogP contribution is 2.26. The van der Waals surface area contributed by atoms with Crippen molar-refractivity contribution in [1.82, 2.24) is 0 Å². The van der Waals surface area contributed by atoms with Gasteiger partial charge in [-0.1, -0.05) is 104 Å². The van der Waals surface area contributed by atoms with Gasteiger partial charge in [0.25, 0.3) is 0 Å². The first kappa shape index (κ1) is 46.7. The maximum absolute atomic E-state index is 12.8. The molecule has 2 rings (SSSR count). The summed E-state index contributed by atoms with van der Waals surface area (Å²) in [5.41, 5.74) is 0. The minimum absolute atomic E-state index is 0.169. The molecule has 4 unspecified atom stereocenters. The van der Waals surface area contributed by atoms with E-state index in [4.69, 9.17) is 28.4 Å². The second kappa shape index (κ2) is 27.1. The van der Waals surface area contributed by atoms with Crippen molar-refractivity contribution in [1.29, 1.82) is 0 Å². The van der Waals surface area contributed by atoms with Gasteiger partial charge < -0.3 is 64.2 Å². The van der Waals surface area contributed by atoms with Crippen molar-refractivity contribution >= 4 is 11.9 Å². The molecular formula is C37H68O15. The van der Waals surface area contributed by atoms with Crippen LogP contribution in [0.4, 0.5) is 0 Å². The fraction of sp³-hybridized carbons (Fsp3) is 0.946. The van der Waals surface area contributed by atoms with Crippen LogP contribution >= 0.6 is 0 Å². The first-order valence-electron chi connectivity index (χ1n) is 19.6. The van der Waals surface area contributed by atoms with Crippen LogP contribution in [0.1, 0.15) is 129 Å². The molecule has 0 aromatic carbocycles. The van der Waals surface area contributed by atoms with Crippen LogP contribution in [0.3, 0.4) is 0 Å². The van der Waals surface area contributed by atoms with E-state index >= 15 is 0 Å². The quantitative estimate of drug-likeness (QED) is 0.0449. The van der Waals surface area contributed by atoms with E-state index in [1.54, 1.807) is 0 Å². The van der Waals surface area contributed by atoms with Crippen LogP contribution in [0.5, 0.6) is 0 Å². The van der Waals surface area contributed by atoms with Gasteiger partial charge in [0.1, 0.15) is 55.4 Å². The fourth-order valence-corrected chi connectivity index (χ4v) is 6.21. The van der Waals surface area contributed by atoms with Gasteiger partial charge in [0.15, 0.2) is 18.7 Å². The Morgan fingerprint density at radius 3 is 1.50 bits per heavy atom. The van der Waals surface area contributed by atoms with Gasteiger partial charge in [0, 0.05) is 12.8 Å². The third-order valence-electron chi connectivity index (χ3n) is 9.59. The van der Waals surface area contributed by atoms with Gasteiger partial charge in [-0.25, -0.2) is 0 Å². The molecule has 15 heteroatoms. The van der Waals surface area contributed by atoms with E-state index in [9.17, 15) is 45.3 Å². The Balaban J connectivity index is 1.92. The Hall–Kier alpha value is -1.50. The number of carbonyl (C=O) groups excluding carboxylic acids is 2. The summed E-state index contributed by atoms with van der Waals surface area (Å²) in [6.07, 6.45) is 0.595. The molecule has 0 spiro atoms. The molecule has 2 saturated heterocycles. The maximum Gasteiger partial charge on any atom is 0.306 e. The molecule has 11 atom stereocenters. The van der Waals surface area contributed by atoms with Crippen LogP contribution in [-0.4, -0.2) is 142 Å². The molecule has 0 aromatic rings.